The van der Waals surface area contributed by atoms with Gasteiger partial charge in [0, 0.05) is 56.5 Å². The molecular weight excluding hydrogens is 500 g/mol. The van der Waals surface area contributed by atoms with Crippen LogP contribution in [0.25, 0.3) is 0 Å². The third-order valence-electron chi connectivity index (χ3n) is 6.80. The average Bonchev–Trinajstić information content (AvgIpc) is 2.76. The zero-order valence-electron chi connectivity index (χ0n) is 18.6. The molecule has 0 bridgehead atoms. The van der Waals surface area contributed by atoms with Gasteiger partial charge < -0.3 is 0 Å². The quantitative estimate of drug-likeness (QED) is 0.334. The lowest BCUT2D eigenvalue weighted by molar-refractivity contribution is -0.0891. The van der Waals surface area contributed by atoms with Gasteiger partial charge in [-0.25, -0.2) is 21.6 Å². The second kappa shape index (κ2) is 10.4. The fourth-order valence-corrected chi connectivity index (χ4v) is 6.83. The number of nitrogens with zero attached hydrogens (tertiary/aromatic N) is 2. The number of halogens is 5. The molecule has 0 N–H and O–H groups in total. The molecule has 11 heteroatoms. The highest BCUT2D eigenvalue weighted by Gasteiger charge is 2.47. The van der Waals surface area contributed by atoms with Crippen molar-refractivity contribution >= 4 is 39.0 Å². The molecule has 0 radical (unpaired) electrons. The summed E-state index contributed by atoms with van der Waals surface area (Å²) < 4.78 is 68.1. The normalized spacial score (nSPS) is 21.8. The van der Waals surface area contributed by atoms with E-state index >= 15 is 0 Å². The Bertz CT molecular complexity index is 973. The lowest BCUT2D eigenvalue weighted by Crippen LogP contribution is -2.60. The van der Waals surface area contributed by atoms with Gasteiger partial charge in [-0.2, -0.15) is 4.31 Å². The molecular formula is C22H29Cl2F3N2O3S. The maximum atomic E-state index is 14.0. The van der Waals surface area contributed by atoms with E-state index in [4.69, 9.17) is 23.2 Å². The molecule has 5 nitrogen and oxygen atoms in total. The Morgan fingerprint density at radius 2 is 1.64 bits per heavy atom. The van der Waals surface area contributed by atoms with Crippen molar-refractivity contribution < 1.29 is 26.4 Å². The number of carbonyl (C=O) groups is 1. The minimum atomic E-state index is -3.33. The van der Waals surface area contributed by atoms with Gasteiger partial charge in [0.25, 0.3) is 0 Å². The lowest BCUT2D eigenvalue weighted by atomic mass is 9.74. The highest BCUT2D eigenvalue weighted by Crippen LogP contribution is 2.44. The SMILES string of the molecule is CCCS(=O)(=O)N1CCN(C2(CCC(=O)c3cc(F)c(Cl)cc3Cl)CCC(F)(F)CC2)CC1. The Morgan fingerprint density at radius 3 is 2.21 bits per heavy atom. The summed E-state index contributed by atoms with van der Waals surface area (Å²) in [6.07, 6.45) is 0.690. The molecule has 3 rings (SSSR count). The number of hydrogen-bond donors (Lipinski definition) is 0. The average molecular weight is 529 g/mol. The first kappa shape index (κ1) is 26.7. The Labute approximate surface area is 203 Å². The van der Waals surface area contributed by atoms with Gasteiger partial charge in [-0.1, -0.05) is 30.1 Å². The minimum Gasteiger partial charge on any atom is -0.295 e. The van der Waals surface area contributed by atoms with Crippen LogP contribution in [0, 0.1) is 5.82 Å². The van der Waals surface area contributed by atoms with Gasteiger partial charge in [-0.15, -0.1) is 0 Å². The van der Waals surface area contributed by atoms with Crippen LogP contribution in [0.1, 0.15) is 62.2 Å². The van der Waals surface area contributed by atoms with Crippen LogP contribution in [0.2, 0.25) is 10.0 Å². The van der Waals surface area contributed by atoms with Crippen LogP contribution in [0.4, 0.5) is 13.2 Å². The van der Waals surface area contributed by atoms with E-state index in [-0.39, 0.29) is 59.2 Å². The molecule has 1 aliphatic heterocycles. The van der Waals surface area contributed by atoms with Crippen molar-refractivity contribution in [3.63, 3.8) is 0 Å². The smallest absolute Gasteiger partial charge is 0.248 e. The number of Topliss-reactive ketones (excluding diaryl/α,β-unsaturated/α-hetero) is 1. The Balaban J connectivity index is 1.74. The first-order valence-corrected chi connectivity index (χ1v) is 13.5. The summed E-state index contributed by atoms with van der Waals surface area (Å²) in [5.41, 5.74) is -0.625. The van der Waals surface area contributed by atoms with Crippen molar-refractivity contribution in [1.29, 1.82) is 0 Å². The summed E-state index contributed by atoms with van der Waals surface area (Å²) in [5.74, 6) is -3.79. The van der Waals surface area contributed by atoms with Gasteiger partial charge in [0.2, 0.25) is 15.9 Å². The number of piperazine rings is 1. The van der Waals surface area contributed by atoms with Gasteiger partial charge >= 0.3 is 0 Å². The topological polar surface area (TPSA) is 57.7 Å². The molecule has 1 heterocycles. The standard InChI is InChI=1S/C22H29Cl2F3N2O3S/c1-2-13-33(31,32)29-11-9-28(10-12-29)21(5-7-22(26,27)8-6-21)4-3-20(30)16-14-19(25)18(24)15-17(16)23/h14-15H,2-13H2,1H3. The highest BCUT2D eigenvalue weighted by molar-refractivity contribution is 7.89. The van der Waals surface area contributed by atoms with Crippen molar-refractivity contribution in [3.05, 3.63) is 33.6 Å². The summed E-state index contributed by atoms with van der Waals surface area (Å²) in [6.45, 7) is 3.23. The van der Waals surface area contributed by atoms with Crippen molar-refractivity contribution in [2.24, 2.45) is 0 Å². The summed E-state index contributed by atoms with van der Waals surface area (Å²) in [7, 11) is -3.33. The third kappa shape index (κ3) is 6.23. The Hall–Kier alpha value is -0.870. The first-order chi connectivity index (χ1) is 15.4. The van der Waals surface area contributed by atoms with Gasteiger partial charge in [0.05, 0.1) is 15.8 Å². The predicted octanol–water partition coefficient (Wildman–Crippen LogP) is 5.40. The van der Waals surface area contributed by atoms with E-state index in [0.717, 1.165) is 6.07 Å². The van der Waals surface area contributed by atoms with E-state index in [1.807, 2.05) is 0 Å². The number of sulfonamides is 1. The van der Waals surface area contributed by atoms with E-state index < -0.39 is 27.3 Å². The predicted molar refractivity (Wildman–Crippen MR) is 123 cm³/mol. The Morgan fingerprint density at radius 1 is 1.03 bits per heavy atom. The summed E-state index contributed by atoms with van der Waals surface area (Å²) in [5, 5.41) is -0.135. The van der Waals surface area contributed by atoms with E-state index in [9.17, 15) is 26.4 Å². The zero-order valence-corrected chi connectivity index (χ0v) is 20.9. The molecule has 0 unspecified atom stereocenters. The van der Waals surface area contributed by atoms with E-state index in [1.165, 1.54) is 10.4 Å². The Kier molecular flexibility index (Phi) is 8.42. The molecule has 0 amide bonds. The molecule has 0 spiro atoms. The van der Waals surface area contributed by atoms with Gasteiger partial charge in [-0.05, 0) is 37.8 Å². The third-order valence-corrected chi connectivity index (χ3v) is 9.48. The highest BCUT2D eigenvalue weighted by atomic mass is 35.5. The molecule has 0 aromatic heterocycles. The first-order valence-electron chi connectivity index (χ1n) is 11.2. The fraction of sp³-hybridized carbons (Fsp3) is 0.682. The number of carbonyl (C=O) groups excluding carboxylic acids is 1. The fourth-order valence-electron chi connectivity index (χ4n) is 4.85. The second-order valence-electron chi connectivity index (χ2n) is 8.95. The van der Waals surface area contributed by atoms with Crippen LogP contribution in [-0.4, -0.2) is 66.8 Å². The summed E-state index contributed by atoms with van der Waals surface area (Å²) >= 11 is 11.8. The monoisotopic (exact) mass is 528 g/mol. The van der Waals surface area contributed by atoms with Crippen LogP contribution < -0.4 is 0 Å². The molecule has 2 fully saturated rings. The van der Waals surface area contributed by atoms with Crippen molar-refractivity contribution in [1.82, 2.24) is 9.21 Å². The van der Waals surface area contributed by atoms with Crippen molar-refractivity contribution in [2.45, 2.75) is 63.3 Å². The minimum absolute atomic E-state index is 0.0146. The van der Waals surface area contributed by atoms with E-state index in [0.29, 0.717) is 39.0 Å². The van der Waals surface area contributed by atoms with Crippen LogP contribution in [0.5, 0.6) is 0 Å². The summed E-state index contributed by atoms with van der Waals surface area (Å²) in [4.78, 5) is 14.9. The zero-order chi connectivity index (χ0) is 24.4. The molecule has 1 aromatic carbocycles. The van der Waals surface area contributed by atoms with E-state index in [1.54, 1.807) is 6.92 Å². The maximum Gasteiger partial charge on any atom is 0.248 e. The lowest BCUT2D eigenvalue weighted by Gasteiger charge is -2.51. The van der Waals surface area contributed by atoms with Crippen LogP contribution in [-0.2, 0) is 10.0 Å². The summed E-state index contributed by atoms with van der Waals surface area (Å²) in [6, 6.07) is 2.19. The molecule has 1 aromatic rings. The number of rotatable bonds is 8. The second-order valence-corrected chi connectivity index (χ2v) is 11.9. The van der Waals surface area contributed by atoms with Crippen LogP contribution >= 0.6 is 23.2 Å². The molecule has 1 saturated carbocycles. The van der Waals surface area contributed by atoms with Crippen LogP contribution in [0.15, 0.2) is 12.1 Å². The van der Waals surface area contributed by atoms with Crippen molar-refractivity contribution in [2.75, 3.05) is 31.9 Å². The number of hydrogen-bond acceptors (Lipinski definition) is 4. The van der Waals surface area contributed by atoms with Gasteiger partial charge in [0.15, 0.2) is 5.78 Å². The number of ketones is 1. The number of alkyl halides is 2. The number of benzene rings is 1. The molecule has 33 heavy (non-hydrogen) atoms. The molecule has 1 aliphatic carbocycles. The maximum absolute atomic E-state index is 14.0. The van der Waals surface area contributed by atoms with Crippen molar-refractivity contribution in [3.8, 4) is 0 Å². The molecule has 186 valence electrons. The van der Waals surface area contributed by atoms with Gasteiger partial charge in [0.1, 0.15) is 5.82 Å². The van der Waals surface area contributed by atoms with Gasteiger partial charge in [-0.3, -0.25) is 9.69 Å². The molecule has 1 saturated heterocycles. The molecule has 2 aliphatic rings. The molecule has 0 atom stereocenters. The largest absolute Gasteiger partial charge is 0.295 e. The van der Waals surface area contributed by atoms with E-state index in [2.05, 4.69) is 4.90 Å². The van der Waals surface area contributed by atoms with Crippen LogP contribution in [0.3, 0.4) is 0 Å².